The third kappa shape index (κ3) is 4.47. The molecule has 1 aliphatic heterocycles. The molecule has 1 aliphatic carbocycles. The van der Waals surface area contributed by atoms with Gasteiger partial charge in [-0.1, -0.05) is 25.1 Å². The molecule has 7 heteroatoms. The molecule has 2 heterocycles. The smallest absolute Gasteiger partial charge is 0.225 e. The van der Waals surface area contributed by atoms with Gasteiger partial charge in [-0.25, -0.2) is 18.4 Å². The average molecular weight is 464 g/mol. The Kier molecular flexibility index (Phi) is 5.60. The summed E-state index contributed by atoms with van der Waals surface area (Å²) in [5.41, 5.74) is 4.29. The Balaban J connectivity index is 1.16. The summed E-state index contributed by atoms with van der Waals surface area (Å²) in [6.07, 6.45) is 6.04. The minimum absolute atomic E-state index is 0.334. The number of nitrogens with zero attached hydrogens (tertiary/aromatic N) is 3. The van der Waals surface area contributed by atoms with Crippen LogP contribution < -0.4 is 9.64 Å². The van der Waals surface area contributed by atoms with Crippen LogP contribution in [-0.2, 0) is 16.3 Å². The van der Waals surface area contributed by atoms with E-state index in [0.29, 0.717) is 22.6 Å². The van der Waals surface area contributed by atoms with Crippen molar-refractivity contribution in [2.24, 2.45) is 17.8 Å². The molecule has 0 amide bonds. The van der Waals surface area contributed by atoms with E-state index in [0.717, 1.165) is 54.5 Å². The number of benzene rings is 2. The molecule has 0 bridgehead atoms. The molecule has 2 aromatic carbocycles. The summed E-state index contributed by atoms with van der Waals surface area (Å²) in [4.78, 5) is 11.7. The molecule has 0 N–H and O–H groups in total. The summed E-state index contributed by atoms with van der Waals surface area (Å²) in [7, 11) is -3.19. The van der Waals surface area contributed by atoms with Gasteiger partial charge in [-0.3, -0.25) is 0 Å². The van der Waals surface area contributed by atoms with Crippen LogP contribution in [-0.4, -0.2) is 44.3 Å². The van der Waals surface area contributed by atoms with Crippen LogP contribution in [0.1, 0.15) is 18.1 Å². The number of sulfone groups is 1. The van der Waals surface area contributed by atoms with E-state index < -0.39 is 9.84 Å². The van der Waals surface area contributed by atoms with Crippen molar-refractivity contribution >= 4 is 15.8 Å². The fraction of sp³-hybridized carbons (Fsp3) is 0.385. The maximum atomic E-state index is 11.7. The SMILES string of the molecule is CCc1cnc(N2CC3C(COc4ccc(-c5ccc(S(C)(=O)=O)cc5)cc4C)C3C2)nc1. The first-order valence-corrected chi connectivity index (χ1v) is 13.3. The Morgan fingerprint density at radius 2 is 1.64 bits per heavy atom. The van der Waals surface area contributed by atoms with Crippen molar-refractivity contribution in [3.8, 4) is 16.9 Å². The van der Waals surface area contributed by atoms with Gasteiger partial charge in [0.1, 0.15) is 5.75 Å². The molecule has 2 aliphatic rings. The third-order valence-corrected chi connectivity index (χ3v) is 8.10. The van der Waals surface area contributed by atoms with Gasteiger partial charge in [0.15, 0.2) is 9.84 Å². The molecule has 33 heavy (non-hydrogen) atoms. The van der Waals surface area contributed by atoms with Crippen molar-refractivity contribution in [1.29, 1.82) is 0 Å². The van der Waals surface area contributed by atoms with Gasteiger partial charge in [0.05, 0.1) is 11.5 Å². The van der Waals surface area contributed by atoms with Gasteiger partial charge in [-0.2, -0.15) is 0 Å². The topological polar surface area (TPSA) is 72.4 Å². The number of ether oxygens (including phenoxy) is 1. The van der Waals surface area contributed by atoms with Crippen LogP contribution in [0.25, 0.3) is 11.1 Å². The van der Waals surface area contributed by atoms with Crippen molar-refractivity contribution in [2.45, 2.75) is 25.2 Å². The summed E-state index contributed by atoms with van der Waals surface area (Å²) in [5, 5.41) is 0. The minimum Gasteiger partial charge on any atom is -0.493 e. The molecule has 1 saturated heterocycles. The van der Waals surface area contributed by atoms with Gasteiger partial charge < -0.3 is 9.64 Å². The van der Waals surface area contributed by atoms with E-state index in [2.05, 4.69) is 34.8 Å². The zero-order chi connectivity index (χ0) is 23.2. The van der Waals surface area contributed by atoms with Gasteiger partial charge in [0, 0.05) is 37.7 Å². The van der Waals surface area contributed by atoms with Crippen molar-refractivity contribution < 1.29 is 13.2 Å². The van der Waals surface area contributed by atoms with E-state index in [1.165, 1.54) is 11.8 Å². The number of aryl methyl sites for hydroxylation is 2. The maximum absolute atomic E-state index is 11.7. The zero-order valence-electron chi connectivity index (χ0n) is 19.2. The Bertz CT molecular complexity index is 1240. The molecular formula is C26H29N3O3S. The van der Waals surface area contributed by atoms with Gasteiger partial charge in [0.25, 0.3) is 0 Å². The highest BCUT2D eigenvalue weighted by Gasteiger charge is 2.56. The first-order valence-electron chi connectivity index (χ1n) is 11.4. The molecule has 1 saturated carbocycles. The molecule has 0 spiro atoms. The predicted octanol–water partition coefficient (Wildman–Crippen LogP) is 4.18. The van der Waals surface area contributed by atoms with Gasteiger partial charge in [-0.15, -0.1) is 0 Å². The van der Waals surface area contributed by atoms with Crippen LogP contribution in [0.3, 0.4) is 0 Å². The summed E-state index contributed by atoms with van der Waals surface area (Å²) < 4.78 is 29.5. The second kappa shape index (κ2) is 8.45. The molecule has 2 atom stereocenters. The fourth-order valence-electron chi connectivity index (χ4n) is 4.83. The monoisotopic (exact) mass is 463 g/mol. The zero-order valence-corrected chi connectivity index (χ0v) is 20.0. The van der Waals surface area contributed by atoms with E-state index >= 15 is 0 Å². The number of fused-ring (bicyclic) bond motifs is 1. The van der Waals surface area contributed by atoms with Gasteiger partial charge >= 0.3 is 0 Å². The maximum Gasteiger partial charge on any atom is 0.225 e. The van der Waals surface area contributed by atoms with Crippen LogP contribution in [0.5, 0.6) is 5.75 Å². The van der Waals surface area contributed by atoms with Gasteiger partial charge in [-0.05, 0) is 71.7 Å². The molecule has 5 rings (SSSR count). The predicted molar refractivity (Wildman–Crippen MR) is 129 cm³/mol. The lowest BCUT2D eigenvalue weighted by atomic mass is 10.0. The Hall–Kier alpha value is -2.93. The van der Waals surface area contributed by atoms with E-state index in [1.807, 2.05) is 36.7 Å². The van der Waals surface area contributed by atoms with E-state index in [4.69, 9.17) is 4.74 Å². The summed E-state index contributed by atoms with van der Waals surface area (Å²) >= 11 is 0. The van der Waals surface area contributed by atoms with Crippen molar-refractivity contribution in [2.75, 3.05) is 30.9 Å². The first kappa shape index (κ1) is 21.9. The second-order valence-electron chi connectivity index (χ2n) is 9.23. The number of hydrogen-bond acceptors (Lipinski definition) is 6. The largest absolute Gasteiger partial charge is 0.493 e. The molecular weight excluding hydrogens is 434 g/mol. The molecule has 2 fully saturated rings. The Morgan fingerprint density at radius 1 is 1.00 bits per heavy atom. The fourth-order valence-corrected chi connectivity index (χ4v) is 5.46. The molecule has 3 aromatic rings. The number of rotatable bonds is 7. The van der Waals surface area contributed by atoms with Crippen molar-refractivity contribution in [1.82, 2.24) is 9.97 Å². The van der Waals surface area contributed by atoms with Crippen molar-refractivity contribution in [3.05, 3.63) is 66.0 Å². The van der Waals surface area contributed by atoms with Crippen LogP contribution in [0.15, 0.2) is 59.8 Å². The number of hydrogen-bond donors (Lipinski definition) is 0. The van der Waals surface area contributed by atoms with Crippen LogP contribution in [0, 0.1) is 24.7 Å². The van der Waals surface area contributed by atoms with Gasteiger partial charge in [0.2, 0.25) is 5.95 Å². The standard InChI is InChI=1S/C26H29N3O3S/c1-4-18-12-27-26(28-13-18)29-14-22-23(15-29)24(22)16-32-25-10-7-20(11-17(25)2)19-5-8-21(9-6-19)33(3,30)31/h5-13,22-24H,4,14-16H2,1-3H3. The molecule has 0 radical (unpaired) electrons. The molecule has 2 unspecified atom stereocenters. The minimum atomic E-state index is -3.19. The van der Waals surface area contributed by atoms with Crippen molar-refractivity contribution in [3.63, 3.8) is 0 Å². The average Bonchev–Trinajstić information content (AvgIpc) is 3.26. The van der Waals surface area contributed by atoms with Crippen LogP contribution in [0.2, 0.25) is 0 Å². The summed E-state index contributed by atoms with van der Waals surface area (Å²) in [6, 6.07) is 13.2. The van der Waals surface area contributed by atoms with E-state index in [9.17, 15) is 8.42 Å². The first-order chi connectivity index (χ1) is 15.8. The number of aromatic nitrogens is 2. The lowest BCUT2D eigenvalue weighted by molar-refractivity contribution is 0.281. The number of anilines is 1. The van der Waals surface area contributed by atoms with Crippen LogP contribution in [0.4, 0.5) is 5.95 Å². The quantitative estimate of drug-likeness (QED) is 0.523. The molecule has 6 nitrogen and oxygen atoms in total. The summed E-state index contributed by atoms with van der Waals surface area (Å²) in [5.74, 6) is 3.67. The Labute approximate surface area is 195 Å². The summed E-state index contributed by atoms with van der Waals surface area (Å²) in [6.45, 7) is 6.91. The van der Waals surface area contributed by atoms with E-state index in [1.54, 1.807) is 12.1 Å². The highest BCUT2D eigenvalue weighted by atomic mass is 32.2. The normalized spacial score (nSPS) is 21.7. The second-order valence-corrected chi connectivity index (χ2v) is 11.2. The highest BCUT2D eigenvalue weighted by molar-refractivity contribution is 7.90. The third-order valence-electron chi connectivity index (χ3n) is 6.98. The Morgan fingerprint density at radius 3 is 2.21 bits per heavy atom. The lowest BCUT2D eigenvalue weighted by Crippen LogP contribution is -2.27. The van der Waals surface area contributed by atoms with Crippen LogP contribution >= 0.6 is 0 Å². The molecule has 172 valence electrons. The highest BCUT2D eigenvalue weighted by Crippen LogP contribution is 2.52. The molecule has 1 aromatic heterocycles. The number of piperidine rings is 1. The lowest BCUT2D eigenvalue weighted by Gasteiger charge is -2.20. The van der Waals surface area contributed by atoms with E-state index in [-0.39, 0.29) is 0 Å².